The summed E-state index contributed by atoms with van der Waals surface area (Å²) in [6.45, 7) is 0. The molecule has 0 radical (unpaired) electrons. The molecule has 0 aromatic carbocycles. The maximum atomic E-state index is 11.7. The van der Waals surface area contributed by atoms with E-state index >= 15 is 0 Å². The van der Waals surface area contributed by atoms with Gasteiger partial charge >= 0.3 is 0 Å². The molecule has 0 saturated heterocycles. The van der Waals surface area contributed by atoms with Crippen LogP contribution in [0.15, 0.2) is 0 Å². The zero-order valence-corrected chi connectivity index (χ0v) is 9.93. The summed E-state index contributed by atoms with van der Waals surface area (Å²) >= 11 is 0. The molecule has 78 valence electrons. The molecule has 0 aromatic rings. The van der Waals surface area contributed by atoms with E-state index in [1.807, 2.05) is 0 Å². The zero-order chi connectivity index (χ0) is 9.73. The van der Waals surface area contributed by atoms with Crippen LogP contribution in [0.2, 0.25) is 0 Å². The van der Waals surface area contributed by atoms with Crippen LogP contribution in [0.3, 0.4) is 0 Å². The van der Waals surface area contributed by atoms with Crippen LogP contribution in [0.1, 0.15) is 32.1 Å². The molecule has 1 aliphatic carbocycles. The van der Waals surface area contributed by atoms with Crippen molar-refractivity contribution in [2.24, 2.45) is 0 Å². The molecule has 0 aromatic heterocycles. The molecule has 0 heterocycles. The van der Waals surface area contributed by atoms with E-state index in [0.717, 1.165) is 36.7 Å². The van der Waals surface area contributed by atoms with Gasteiger partial charge in [0.05, 0.1) is 11.0 Å². The molecule has 0 bridgehead atoms. The molecule has 0 aliphatic heterocycles. The van der Waals surface area contributed by atoms with Crippen molar-refractivity contribution in [3.8, 4) is 0 Å². The monoisotopic (exact) mass is 242 g/mol. The molecule has 1 fully saturated rings. The minimum Gasteiger partial charge on any atom is -0.229 e. The van der Waals surface area contributed by atoms with Crippen molar-refractivity contribution in [1.29, 1.82) is 0 Å². The van der Waals surface area contributed by atoms with Gasteiger partial charge in [0.15, 0.2) is 9.84 Å². The average Bonchev–Trinajstić information content (AvgIpc) is 2.16. The molecule has 0 amide bonds. The lowest BCUT2D eigenvalue weighted by atomic mass is 10.0. The summed E-state index contributed by atoms with van der Waals surface area (Å²) in [7, 11) is 3.63. The first-order chi connectivity index (χ1) is 6.17. The van der Waals surface area contributed by atoms with Crippen molar-refractivity contribution in [3.63, 3.8) is 0 Å². The first kappa shape index (κ1) is 11.7. The lowest BCUT2D eigenvalue weighted by Crippen LogP contribution is -2.27. The third-order valence-corrected chi connectivity index (χ3v) is 5.85. The minimum atomic E-state index is -2.85. The van der Waals surface area contributed by atoms with Gasteiger partial charge in [-0.1, -0.05) is 30.2 Å². The second-order valence-corrected chi connectivity index (χ2v) is 7.12. The van der Waals surface area contributed by atoms with Crippen LogP contribution in [0.4, 0.5) is 0 Å². The Balaban J connectivity index is 2.47. The zero-order valence-electron chi connectivity index (χ0n) is 7.54. The normalized spacial score (nSPS) is 20.4. The highest BCUT2D eigenvalue weighted by molar-refractivity contribution is 8.21. The van der Waals surface area contributed by atoms with E-state index in [4.69, 9.17) is 10.7 Å². The number of hydrogen-bond acceptors (Lipinski definition) is 3. The average molecular weight is 243 g/mol. The molecule has 2 nitrogen and oxygen atoms in total. The molecule has 0 unspecified atom stereocenters. The van der Waals surface area contributed by atoms with Crippen molar-refractivity contribution in [2.45, 2.75) is 37.4 Å². The van der Waals surface area contributed by atoms with Gasteiger partial charge in [0.2, 0.25) is 0 Å². The fraction of sp³-hybridized carbons (Fsp3) is 1.00. The van der Waals surface area contributed by atoms with E-state index in [2.05, 4.69) is 0 Å². The standard InChI is InChI=1S/C8H15ClO2S2/c9-12-6-7-13(10,11)8-4-2-1-3-5-8/h8H,1-7H2. The molecule has 1 rings (SSSR count). The van der Waals surface area contributed by atoms with E-state index in [-0.39, 0.29) is 11.0 Å². The van der Waals surface area contributed by atoms with E-state index < -0.39 is 9.84 Å². The van der Waals surface area contributed by atoms with E-state index in [0.29, 0.717) is 5.75 Å². The Labute approximate surface area is 88.8 Å². The molecule has 1 aliphatic rings. The highest BCUT2D eigenvalue weighted by Crippen LogP contribution is 2.24. The highest BCUT2D eigenvalue weighted by Gasteiger charge is 2.26. The van der Waals surface area contributed by atoms with Gasteiger partial charge in [-0.2, -0.15) is 0 Å². The summed E-state index contributed by atoms with van der Waals surface area (Å²) in [5.74, 6) is 0.756. The Hall–Kier alpha value is 0.590. The molecular weight excluding hydrogens is 228 g/mol. The lowest BCUT2D eigenvalue weighted by molar-refractivity contribution is 0.484. The highest BCUT2D eigenvalue weighted by atomic mass is 35.7. The summed E-state index contributed by atoms with van der Waals surface area (Å²) in [5.41, 5.74) is 0. The number of halogens is 1. The maximum Gasteiger partial charge on any atom is 0.154 e. The molecule has 1 saturated carbocycles. The fourth-order valence-electron chi connectivity index (χ4n) is 1.74. The van der Waals surface area contributed by atoms with Gasteiger partial charge < -0.3 is 0 Å². The Kier molecular flexibility index (Phi) is 4.90. The second kappa shape index (κ2) is 5.47. The van der Waals surface area contributed by atoms with Crippen LogP contribution >= 0.6 is 21.7 Å². The molecule has 0 spiro atoms. The number of sulfone groups is 1. The molecule has 13 heavy (non-hydrogen) atoms. The van der Waals surface area contributed by atoms with E-state index in [9.17, 15) is 8.42 Å². The van der Waals surface area contributed by atoms with Crippen molar-refractivity contribution in [3.05, 3.63) is 0 Å². The summed E-state index contributed by atoms with van der Waals surface area (Å²) in [4.78, 5) is 0. The van der Waals surface area contributed by atoms with Gasteiger partial charge in [-0.15, -0.1) is 0 Å². The molecular formula is C8H15ClO2S2. The Morgan fingerprint density at radius 2 is 1.85 bits per heavy atom. The Bertz CT molecular complexity index is 233. The van der Waals surface area contributed by atoms with Crippen molar-refractivity contribution < 1.29 is 8.42 Å². The van der Waals surface area contributed by atoms with Crippen LogP contribution in [0.5, 0.6) is 0 Å². The van der Waals surface area contributed by atoms with Gasteiger partial charge in [-0.3, -0.25) is 0 Å². The second-order valence-electron chi connectivity index (χ2n) is 3.44. The van der Waals surface area contributed by atoms with Crippen LogP contribution in [-0.4, -0.2) is 25.2 Å². The Morgan fingerprint density at radius 3 is 2.38 bits per heavy atom. The summed E-state index contributed by atoms with van der Waals surface area (Å²) in [6, 6.07) is 0. The van der Waals surface area contributed by atoms with Gasteiger partial charge in [0.1, 0.15) is 0 Å². The number of hydrogen-bond donors (Lipinski definition) is 0. The topological polar surface area (TPSA) is 34.1 Å². The van der Waals surface area contributed by atoms with Crippen LogP contribution in [0.25, 0.3) is 0 Å². The van der Waals surface area contributed by atoms with E-state index in [1.165, 1.54) is 6.42 Å². The molecule has 5 heteroatoms. The van der Waals surface area contributed by atoms with Gasteiger partial charge in [-0.05, 0) is 23.5 Å². The van der Waals surface area contributed by atoms with Gasteiger partial charge in [0, 0.05) is 5.75 Å². The first-order valence-corrected chi connectivity index (χ1v) is 8.14. The van der Waals surface area contributed by atoms with E-state index in [1.54, 1.807) is 0 Å². The van der Waals surface area contributed by atoms with Crippen LogP contribution < -0.4 is 0 Å². The minimum absolute atomic E-state index is 0.0786. The van der Waals surface area contributed by atoms with Crippen molar-refractivity contribution in [1.82, 2.24) is 0 Å². The van der Waals surface area contributed by atoms with Crippen molar-refractivity contribution >= 4 is 31.5 Å². The predicted molar refractivity (Wildman–Crippen MR) is 59.0 cm³/mol. The molecule has 0 atom stereocenters. The maximum absolute atomic E-state index is 11.7. The smallest absolute Gasteiger partial charge is 0.154 e. The van der Waals surface area contributed by atoms with Crippen LogP contribution in [-0.2, 0) is 9.84 Å². The lowest BCUT2D eigenvalue weighted by Gasteiger charge is -2.21. The SMILES string of the molecule is O=S(=O)(CCSCl)C1CCCCC1. The largest absolute Gasteiger partial charge is 0.229 e. The van der Waals surface area contributed by atoms with Crippen molar-refractivity contribution in [2.75, 3.05) is 11.5 Å². The third kappa shape index (κ3) is 3.68. The summed E-state index contributed by atoms with van der Waals surface area (Å²) in [6.07, 6.45) is 5.04. The molecule has 0 N–H and O–H groups in total. The van der Waals surface area contributed by atoms with Crippen LogP contribution in [0, 0.1) is 0 Å². The predicted octanol–water partition coefficient (Wildman–Crippen LogP) is 2.62. The summed E-state index contributed by atoms with van der Waals surface area (Å²) in [5, 5.41) is -0.0786. The fourth-order valence-corrected chi connectivity index (χ4v) is 4.87. The third-order valence-electron chi connectivity index (χ3n) is 2.51. The number of rotatable bonds is 4. The summed E-state index contributed by atoms with van der Waals surface area (Å²) < 4.78 is 23.3. The van der Waals surface area contributed by atoms with Gasteiger partial charge in [-0.25, -0.2) is 8.42 Å². The Morgan fingerprint density at radius 1 is 1.23 bits per heavy atom. The van der Waals surface area contributed by atoms with Gasteiger partial charge in [0.25, 0.3) is 0 Å². The quantitative estimate of drug-likeness (QED) is 0.760. The first-order valence-electron chi connectivity index (χ1n) is 4.62.